The minimum atomic E-state index is -3.07. The molecule has 0 aliphatic carbocycles. The summed E-state index contributed by atoms with van der Waals surface area (Å²) in [5.74, 6) is 0. The van der Waals surface area contributed by atoms with Crippen LogP contribution in [0.5, 0.6) is 0 Å². The fourth-order valence-electron chi connectivity index (χ4n) is 1.45. The van der Waals surface area contributed by atoms with Gasteiger partial charge in [-0.3, -0.25) is 0 Å². The second-order valence-corrected chi connectivity index (χ2v) is 4.86. The molecule has 0 aromatic heterocycles. The molecular formula is C7H15NO3S. The van der Waals surface area contributed by atoms with Gasteiger partial charge in [0.25, 0.3) is 0 Å². The highest BCUT2D eigenvalue weighted by Gasteiger charge is 2.31. The molecule has 0 N–H and O–H groups in total. The lowest BCUT2D eigenvalue weighted by Gasteiger charge is -2.21. The predicted octanol–water partition coefficient (Wildman–Crippen LogP) is 0.404. The zero-order valence-electron chi connectivity index (χ0n) is 7.49. The van der Waals surface area contributed by atoms with Crippen LogP contribution in [0.3, 0.4) is 0 Å². The summed E-state index contributed by atoms with van der Waals surface area (Å²) in [5.41, 5.74) is 0. The first-order valence-corrected chi connectivity index (χ1v) is 5.99. The van der Waals surface area contributed by atoms with E-state index >= 15 is 0 Å². The van der Waals surface area contributed by atoms with Crippen molar-refractivity contribution in [2.24, 2.45) is 0 Å². The van der Waals surface area contributed by atoms with Crippen molar-refractivity contribution in [1.82, 2.24) is 4.31 Å². The first-order valence-electron chi connectivity index (χ1n) is 4.14. The second kappa shape index (κ2) is 3.72. The normalized spacial score (nSPS) is 26.3. The van der Waals surface area contributed by atoms with Crippen molar-refractivity contribution in [1.29, 1.82) is 0 Å². The summed E-state index contributed by atoms with van der Waals surface area (Å²) < 4.78 is 29.0. The van der Waals surface area contributed by atoms with Crippen molar-refractivity contribution in [2.45, 2.75) is 26.0 Å². The van der Waals surface area contributed by atoms with Crippen LogP contribution in [0.25, 0.3) is 0 Å². The first kappa shape index (κ1) is 9.95. The molecule has 0 aromatic rings. The van der Waals surface area contributed by atoms with Gasteiger partial charge in [-0.1, -0.05) is 0 Å². The fourth-order valence-corrected chi connectivity index (χ4v) is 2.50. The number of ether oxygens (including phenoxy) is 1. The van der Waals surface area contributed by atoms with Crippen LogP contribution in [0.2, 0.25) is 0 Å². The van der Waals surface area contributed by atoms with E-state index in [0.717, 1.165) is 12.8 Å². The molecule has 0 spiro atoms. The third kappa shape index (κ3) is 2.18. The lowest BCUT2D eigenvalue weighted by molar-refractivity contribution is 0.00940. The van der Waals surface area contributed by atoms with Crippen molar-refractivity contribution in [2.75, 3.05) is 19.4 Å². The summed E-state index contributed by atoms with van der Waals surface area (Å²) in [5, 5.41) is 0. The Morgan fingerprint density at radius 1 is 1.58 bits per heavy atom. The van der Waals surface area contributed by atoms with Crippen LogP contribution in [0, 0.1) is 0 Å². The molecule has 1 atom stereocenters. The van der Waals surface area contributed by atoms with Gasteiger partial charge in [-0.05, 0) is 19.8 Å². The monoisotopic (exact) mass is 193 g/mol. The lowest BCUT2D eigenvalue weighted by Crippen LogP contribution is -2.36. The number of rotatable bonds is 3. The van der Waals surface area contributed by atoms with E-state index in [2.05, 4.69) is 0 Å². The molecule has 12 heavy (non-hydrogen) atoms. The molecule has 1 aliphatic heterocycles. The summed E-state index contributed by atoms with van der Waals surface area (Å²) in [6.07, 6.45) is 2.73. The van der Waals surface area contributed by atoms with Crippen LogP contribution in [0.1, 0.15) is 19.8 Å². The van der Waals surface area contributed by atoms with E-state index in [1.54, 1.807) is 0 Å². The lowest BCUT2D eigenvalue weighted by atomic mass is 10.4. The Morgan fingerprint density at radius 3 is 2.75 bits per heavy atom. The topological polar surface area (TPSA) is 46.6 Å². The molecule has 1 saturated heterocycles. The van der Waals surface area contributed by atoms with E-state index in [1.165, 1.54) is 10.6 Å². The van der Waals surface area contributed by atoms with Crippen LogP contribution < -0.4 is 0 Å². The van der Waals surface area contributed by atoms with Gasteiger partial charge in [-0.15, -0.1) is 0 Å². The highest BCUT2D eigenvalue weighted by Crippen LogP contribution is 2.20. The predicted molar refractivity (Wildman–Crippen MR) is 46.2 cm³/mol. The SMILES string of the molecule is CCOC1CCCN1S(C)(=O)=O. The van der Waals surface area contributed by atoms with Crippen LogP contribution >= 0.6 is 0 Å². The maximum absolute atomic E-state index is 11.2. The Morgan fingerprint density at radius 2 is 2.25 bits per heavy atom. The van der Waals surface area contributed by atoms with Gasteiger partial charge in [0.2, 0.25) is 10.0 Å². The van der Waals surface area contributed by atoms with E-state index < -0.39 is 10.0 Å². The van der Waals surface area contributed by atoms with Gasteiger partial charge in [0.05, 0.1) is 6.26 Å². The molecule has 0 radical (unpaired) electrons. The summed E-state index contributed by atoms with van der Waals surface area (Å²) in [6.45, 7) is 3.04. The van der Waals surface area contributed by atoms with E-state index in [1.807, 2.05) is 6.92 Å². The van der Waals surface area contributed by atoms with Gasteiger partial charge in [0.1, 0.15) is 6.23 Å². The maximum atomic E-state index is 11.2. The summed E-state index contributed by atoms with van der Waals surface area (Å²) in [6, 6.07) is 0. The van der Waals surface area contributed by atoms with Crippen molar-refractivity contribution in [3.05, 3.63) is 0 Å². The zero-order valence-corrected chi connectivity index (χ0v) is 8.30. The molecule has 4 nitrogen and oxygen atoms in total. The molecule has 1 aliphatic rings. The largest absolute Gasteiger partial charge is 0.362 e. The molecule has 0 bridgehead atoms. The molecule has 1 unspecified atom stereocenters. The van der Waals surface area contributed by atoms with Crippen molar-refractivity contribution < 1.29 is 13.2 Å². The Bertz CT molecular complexity index is 237. The smallest absolute Gasteiger partial charge is 0.213 e. The van der Waals surface area contributed by atoms with E-state index in [0.29, 0.717) is 13.2 Å². The average Bonchev–Trinajstić information content (AvgIpc) is 2.34. The molecule has 1 heterocycles. The van der Waals surface area contributed by atoms with Gasteiger partial charge in [0, 0.05) is 13.2 Å². The van der Waals surface area contributed by atoms with Crippen molar-refractivity contribution >= 4 is 10.0 Å². The highest BCUT2D eigenvalue weighted by atomic mass is 32.2. The first-order chi connectivity index (χ1) is 5.55. The quantitative estimate of drug-likeness (QED) is 0.652. The molecule has 5 heteroatoms. The van der Waals surface area contributed by atoms with Crippen LogP contribution in [0.15, 0.2) is 0 Å². The standard InChI is InChI=1S/C7H15NO3S/c1-3-11-7-5-4-6-8(7)12(2,9)10/h7H,3-6H2,1-2H3. The minimum Gasteiger partial charge on any atom is -0.362 e. The Labute approximate surface area is 73.6 Å². The summed E-state index contributed by atoms with van der Waals surface area (Å²) in [4.78, 5) is 0. The Hall–Kier alpha value is -0.130. The zero-order chi connectivity index (χ0) is 9.19. The van der Waals surface area contributed by atoms with Crippen LogP contribution in [-0.4, -0.2) is 38.4 Å². The van der Waals surface area contributed by atoms with E-state index in [-0.39, 0.29) is 6.23 Å². The molecule has 0 saturated carbocycles. The second-order valence-electron chi connectivity index (χ2n) is 2.93. The van der Waals surface area contributed by atoms with Gasteiger partial charge >= 0.3 is 0 Å². The van der Waals surface area contributed by atoms with Gasteiger partial charge in [-0.2, -0.15) is 4.31 Å². The van der Waals surface area contributed by atoms with E-state index in [9.17, 15) is 8.42 Å². The number of nitrogens with zero attached hydrogens (tertiary/aromatic N) is 1. The third-order valence-corrected chi connectivity index (χ3v) is 3.21. The van der Waals surface area contributed by atoms with Gasteiger partial charge in [-0.25, -0.2) is 8.42 Å². The number of hydrogen-bond acceptors (Lipinski definition) is 3. The average molecular weight is 193 g/mol. The van der Waals surface area contributed by atoms with Crippen LogP contribution in [0.4, 0.5) is 0 Å². The molecule has 0 aromatic carbocycles. The summed E-state index contributed by atoms with van der Waals surface area (Å²) >= 11 is 0. The van der Waals surface area contributed by atoms with Crippen molar-refractivity contribution in [3.8, 4) is 0 Å². The third-order valence-electron chi connectivity index (χ3n) is 1.94. The molecular weight excluding hydrogens is 178 g/mol. The molecule has 0 amide bonds. The summed E-state index contributed by atoms with van der Waals surface area (Å²) in [7, 11) is -3.07. The maximum Gasteiger partial charge on any atom is 0.213 e. The van der Waals surface area contributed by atoms with Crippen LogP contribution in [-0.2, 0) is 14.8 Å². The molecule has 1 fully saturated rings. The highest BCUT2D eigenvalue weighted by molar-refractivity contribution is 7.88. The Balaban J connectivity index is 2.64. The number of hydrogen-bond donors (Lipinski definition) is 0. The molecule has 1 rings (SSSR count). The van der Waals surface area contributed by atoms with Gasteiger partial charge in [0.15, 0.2) is 0 Å². The number of sulfonamides is 1. The van der Waals surface area contributed by atoms with Crippen molar-refractivity contribution in [3.63, 3.8) is 0 Å². The fraction of sp³-hybridized carbons (Fsp3) is 1.00. The van der Waals surface area contributed by atoms with Gasteiger partial charge < -0.3 is 4.74 Å². The minimum absolute atomic E-state index is 0.218. The van der Waals surface area contributed by atoms with E-state index in [4.69, 9.17) is 4.74 Å². The Kier molecular flexibility index (Phi) is 3.09. The molecule has 72 valence electrons.